The van der Waals surface area contributed by atoms with Crippen LogP contribution in [-0.4, -0.2) is 46.8 Å². The molecule has 2 aliphatic rings. The molecule has 1 aliphatic heterocycles. The smallest absolute Gasteiger partial charge is 0.274 e. The predicted octanol–water partition coefficient (Wildman–Crippen LogP) is 2.53. The molecule has 0 bridgehead atoms. The van der Waals surface area contributed by atoms with Crippen LogP contribution in [-0.2, 0) is 0 Å². The highest BCUT2D eigenvalue weighted by Crippen LogP contribution is 2.39. The number of anilines is 1. The first kappa shape index (κ1) is 17.0. The molecule has 6 nitrogen and oxygen atoms in total. The molecule has 6 heteroatoms. The van der Waals surface area contributed by atoms with Gasteiger partial charge in [-0.1, -0.05) is 24.3 Å². The van der Waals surface area contributed by atoms with Gasteiger partial charge in [0.05, 0.1) is 30.7 Å². The summed E-state index contributed by atoms with van der Waals surface area (Å²) >= 11 is 0. The van der Waals surface area contributed by atoms with E-state index < -0.39 is 0 Å². The van der Waals surface area contributed by atoms with Gasteiger partial charge in [-0.25, -0.2) is 9.67 Å². The van der Waals surface area contributed by atoms with E-state index in [1.165, 1.54) is 12.8 Å². The zero-order valence-corrected chi connectivity index (χ0v) is 15.8. The molecule has 1 amide bonds. The lowest BCUT2D eigenvalue weighted by atomic mass is 10.2. The second-order valence-electron chi connectivity index (χ2n) is 7.50. The fourth-order valence-electron chi connectivity index (χ4n) is 3.79. The van der Waals surface area contributed by atoms with E-state index >= 15 is 0 Å². The van der Waals surface area contributed by atoms with Gasteiger partial charge >= 0.3 is 0 Å². The Morgan fingerprint density at radius 2 is 1.71 bits per heavy atom. The Bertz CT molecular complexity index is 957. The summed E-state index contributed by atoms with van der Waals surface area (Å²) < 4.78 is 1.83. The van der Waals surface area contributed by atoms with Gasteiger partial charge in [0, 0.05) is 12.0 Å². The maximum atomic E-state index is 13.3. The number of hydrogen-bond donors (Lipinski definition) is 0. The minimum atomic E-state index is 0.0694. The number of aromatic nitrogens is 3. The molecule has 1 aliphatic carbocycles. The molecule has 1 N–H and O–H groups in total. The molecule has 1 saturated carbocycles. The van der Waals surface area contributed by atoms with Crippen LogP contribution < -0.4 is 9.88 Å². The minimum Gasteiger partial charge on any atom is -0.329 e. The number of nitrogens with one attached hydrogen (secondary N) is 1. The first-order valence-electron chi connectivity index (χ1n) is 9.96. The van der Waals surface area contributed by atoms with E-state index in [1.807, 2.05) is 64.3 Å². The highest BCUT2D eigenvalue weighted by molar-refractivity contribution is 5.93. The van der Waals surface area contributed by atoms with Crippen molar-refractivity contribution >= 4 is 11.7 Å². The quantitative estimate of drug-likeness (QED) is 0.705. The van der Waals surface area contributed by atoms with Crippen molar-refractivity contribution in [3.8, 4) is 5.69 Å². The van der Waals surface area contributed by atoms with Crippen molar-refractivity contribution in [3.05, 3.63) is 72.2 Å². The van der Waals surface area contributed by atoms with Gasteiger partial charge in [0.25, 0.3) is 11.7 Å². The van der Waals surface area contributed by atoms with Crippen molar-refractivity contribution in [2.24, 2.45) is 0 Å². The van der Waals surface area contributed by atoms with Gasteiger partial charge in [-0.05, 0) is 37.1 Å². The van der Waals surface area contributed by atoms with Crippen LogP contribution in [0, 0.1) is 0 Å². The van der Waals surface area contributed by atoms with E-state index in [0.717, 1.165) is 30.3 Å². The Morgan fingerprint density at radius 1 is 0.964 bits per heavy atom. The Labute approximate surface area is 164 Å². The van der Waals surface area contributed by atoms with Gasteiger partial charge in [-0.2, -0.15) is 5.10 Å². The molecule has 0 unspecified atom stereocenters. The standard InChI is InChI=1S/C22H23N5O/c28-22(26-14-12-25(13-15-26)21-8-4-5-11-23-21)20-16-19(17-9-10-17)24-27(20)18-6-2-1-3-7-18/h1-8,11,16-17H,9-10,12-15H2/p+1. The number of pyridine rings is 1. The van der Waals surface area contributed by atoms with Gasteiger partial charge in [0.1, 0.15) is 18.8 Å². The fourth-order valence-corrected chi connectivity index (χ4v) is 3.79. The van der Waals surface area contributed by atoms with E-state index in [0.29, 0.717) is 24.7 Å². The normalized spacial score (nSPS) is 17.0. The van der Waals surface area contributed by atoms with Crippen molar-refractivity contribution in [3.63, 3.8) is 0 Å². The van der Waals surface area contributed by atoms with Crippen LogP contribution in [0.1, 0.15) is 34.9 Å². The number of aromatic amines is 1. The van der Waals surface area contributed by atoms with E-state index in [-0.39, 0.29) is 5.91 Å². The highest BCUT2D eigenvalue weighted by atomic mass is 16.2. The number of amides is 1. The first-order valence-corrected chi connectivity index (χ1v) is 9.96. The summed E-state index contributed by atoms with van der Waals surface area (Å²) in [6.07, 6.45) is 4.28. The molecule has 1 aromatic carbocycles. The summed E-state index contributed by atoms with van der Waals surface area (Å²) in [5.74, 6) is 1.68. The maximum Gasteiger partial charge on any atom is 0.274 e. The van der Waals surface area contributed by atoms with Gasteiger partial charge < -0.3 is 4.90 Å². The largest absolute Gasteiger partial charge is 0.329 e. The summed E-state index contributed by atoms with van der Waals surface area (Å²) in [4.78, 5) is 20.8. The summed E-state index contributed by atoms with van der Waals surface area (Å²) in [5.41, 5.74) is 2.66. The SMILES string of the molecule is O=C(c1cc(C2CC2)nn1-c1ccccc1)N1CCN(c2cccc[nH+]2)CC1. The molecule has 0 radical (unpaired) electrons. The number of H-pyrrole nitrogens is 1. The lowest BCUT2D eigenvalue weighted by Crippen LogP contribution is -2.50. The summed E-state index contributed by atoms with van der Waals surface area (Å²) in [6, 6.07) is 18.0. The van der Waals surface area contributed by atoms with Crippen LogP contribution in [0.2, 0.25) is 0 Å². The molecule has 1 saturated heterocycles. The molecular formula is C22H24N5O+. The second kappa shape index (κ2) is 7.11. The minimum absolute atomic E-state index is 0.0694. The first-order chi connectivity index (χ1) is 13.8. The molecule has 2 aromatic heterocycles. The van der Waals surface area contributed by atoms with Crippen molar-refractivity contribution in [2.75, 3.05) is 31.1 Å². The monoisotopic (exact) mass is 374 g/mol. The lowest BCUT2D eigenvalue weighted by molar-refractivity contribution is -0.364. The third kappa shape index (κ3) is 3.26. The average Bonchev–Trinajstić information content (AvgIpc) is 3.53. The summed E-state index contributed by atoms with van der Waals surface area (Å²) in [6.45, 7) is 3.06. The molecule has 28 heavy (non-hydrogen) atoms. The zero-order valence-electron chi connectivity index (χ0n) is 15.8. The second-order valence-corrected chi connectivity index (χ2v) is 7.50. The van der Waals surface area contributed by atoms with E-state index in [2.05, 4.69) is 16.0 Å². The maximum absolute atomic E-state index is 13.3. The van der Waals surface area contributed by atoms with Crippen LogP contribution >= 0.6 is 0 Å². The van der Waals surface area contributed by atoms with Crippen molar-refractivity contribution in [1.29, 1.82) is 0 Å². The molecule has 0 atom stereocenters. The third-order valence-corrected chi connectivity index (χ3v) is 5.54. The van der Waals surface area contributed by atoms with Crippen LogP contribution in [0.15, 0.2) is 60.8 Å². The lowest BCUT2D eigenvalue weighted by Gasteiger charge is -2.31. The molecule has 3 aromatic rings. The Hall–Kier alpha value is -3.15. The molecule has 5 rings (SSSR count). The van der Waals surface area contributed by atoms with Crippen molar-refractivity contribution in [2.45, 2.75) is 18.8 Å². The summed E-state index contributed by atoms with van der Waals surface area (Å²) in [7, 11) is 0. The summed E-state index contributed by atoms with van der Waals surface area (Å²) in [5, 5.41) is 4.77. The number of para-hydroxylation sites is 1. The number of rotatable bonds is 4. The van der Waals surface area contributed by atoms with E-state index in [9.17, 15) is 4.79 Å². The zero-order chi connectivity index (χ0) is 18.9. The molecular weight excluding hydrogens is 350 g/mol. The fraction of sp³-hybridized carbons (Fsp3) is 0.318. The predicted molar refractivity (Wildman–Crippen MR) is 107 cm³/mol. The van der Waals surface area contributed by atoms with Crippen LogP contribution in [0.3, 0.4) is 0 Å². The van der Waals surface area contributed by atoms with Crippen LogP contribution in [0.4, 0.5) is 5.82 Å². The number of carbonyl (C=O) groups excluding carboxylic acids is 1. The molecule has 3 heterocycles. The van der Waals surface area contributed by atoms with Crippen LogP contribution in [0.25, 0.3) is 5.69 Å². The van der Waals surface area contributed by atoms with Gasteiger partial charge in [0.15, 0.2) is 0 Å². The topological polar surface area (TPSA) is 55.5 Å². The highest BCUT2D eigenvalue weighted by Gasteiger charge is 2.32. The Morgan fingerprint density at radius 3 is 2.39 bits per heavy atom. The number of benzene rings is 1. The molecule has 0 spiro atoms. The molecule has 142 valence electrons. The number of carbonyl (C=O) groups is 1. The average molecular weight is 374 g/mol. The van der Waals surface area contributed by atoms with Crippen molar-refractivity contribution in [1.82, 2.24) is 14.7 Å². The Balaban J connectivity index is 1.37. The number of nitrogens with zero attached hydrogens (tertiary/aromatic N) is 4. The number of piperazine rings is 1. The van der Waals surface area contributed by atoms with E-state index in [4.69, 9.17) is 5.10 Å². The van der Waals surface area contributed by atoms with Crippen LogP contribution in [0.5, 0.6) is 0 Å². The van der Waals surface area contributed by atoms with E-state index in [1.54, 1.807) is 0 Å². The molecule has 2 fully saturated rings. The van der Waals surface area contributed by atoms with Gasteiger partial charge in [-0.3, -0.25) is 9.69 Å². The van der Waals surface area contributed by atoms with Gasteiger partial charge in [0.2, 0.25) is 0 Å². The van der Waals surface area contributed by atoms with Crippen molar-refractivity contribution < 1.29 is 9.78 Å². The van der Waals surface area contributed by atoms with Gasteiger partial charge in [-0.15, -0.1) is 0 Å². The third-order valence-electron chi connectivity index (χ3n) is 5.54. The Kier molecular flexibility index (Phi) is 4.31. The number of hydrogen-bond acceptors (Lipinski definition) is 3.